The molecule has 0 radical (unpaired) electrons. The molecule has 0 amide bonds. The van der Waals surface area contributed by atoms with Gasteiger partial charge in [-0.15, -0.1) is 0 Å². The first-order chi connectivity index (χ1) is 8.04. The summed E-state index contributed by atoms with van der Waals surface area (Å²) in [5, 5.41) is 3.45. The monoisotopic (exact) mass is 229 g/mol. The van der Waals surface area contributed by atoms with Crippen LogP contribution in [-0.4, -0.2) is 16.1 Å². The van der Waals surface area contributed by atoms with E-state index < -0.39 is 0 Å². The Labute approximate surface area is 103 Å². The zero-order valence-electron chi connectivity index (χ0n) is 10.6. The zero-order chi connectivity index (χ0) is 12.3. The number of anilines is 1. The Kier molecular flexibility index (Phi) is 3.18. The second kappa shape index (κ2) is 4.62. The van der Waals surface area contributed by atoms with E-state index in [4.69, 9.17) is 0 Å². The summed E-state index contributed by atoms with van der Waals surface area (Å²) in [6.45, 7) is 7.62. The lowest BCUT2D eigenvalue weighted by atomic mass is 9.97. The number of nitrogens with one attached hydrogen (secondary N) is 1. The number of imidazole rings is 1. The van der Waals surface area contributed by atoms with Crippen LogP contribution in [0.4, 0.5) is 5.69 Å². The van der Waals surface area contributed by atoms with E-state index in [1.807, 2.05) is 17.1 Å². The summed E-state index contributed by atoms with van der Waals surface area (Å²) in [6, 6.07) is 8.35. The van der Waals surface area contributed by atoms with E-state index in [2.05, 4.69) is 55.3 Å². The smallest absolute Gasteiger partial charge is 0.0991 e. The van der Waals surface area contributed by atoms with Crippen molar-refractivity contribution in [3.05, 3.63) is 43.0 Å². The molecule has 90 valence electrons. The number of benzene rings is 1. The van der Waals surface area contributed by atoms with E-state index in [0.717, 1.165) is 17.9 Å². The van der Waals surface area contributed by atoms with Crippen LogP contribution in [0.25, 0.3) is 5.69 Å². The first-order valence-electron chi connectivity index (χ1n) is 5.87. The minimum atomic E-state index is 0.283. The van der Waals surface area contributed by atoms with Gasteiger partial charge < -0.3 is 9.88 Å². The predicted molar refractivity (Wildman–Crippen MR) is 71.5 cm³/mol. The summed E-state index contributed by atoms with van der Waals surface area (Å²) in [5.74, 6) is 0. The highest BCUT2D eigenvalue weighted by Gasteiger charge is 2.09. The Morgan fingerprint density at radius 3 is 2.76 bits per heavy atom. The second-order valence-corrected chi connectivity index (χ2v) is 5.43. The summed E-state index contributed by atoms with van der Waals surface area (Å²) in [6.07, 6.45) is 5.54. The molecule has 2 aromatic rings. The van der Waals surface area contributed by atoms with Gasteiger partial charge in [-0.3, -0.25) is 0 Å². The fourth-order valence-electron chi connectivity index (χ4n) is 1.56. The SMILES string of the molecule is CC(C)(C)CNc1cccc(-n2ccnc2)c1. The van der Waals surface area contributed by atoms with E-state index >= 15 is 0 Å². The maximum Gasteiger partial charge on any atom is 0.0991 e. The molecule has 3 nitrogen and oxygen atoms in total. The molecule has 0 saturated carbocycles. The van der Waals surface area contributed by atoms with Gasteiger partial charge in [-0.1, -0.05) is 26.8 Å². The summed E-state index contributed by atoms with van der Waals surface area (Å²) < 4.78 is 2.00. The number of rotatable bonds is 3. The normalized spacial score (nSPS) is 11.5. The molecule has 1 aromatic carbocycles. The molecular formula is C14H19N3. The Bertz CT molecular complexity index is 466. The number of hydrogen-bond acceptors (Lipinski definition) is 2. The lowest BCUT2D eigenvalue weighted by Crippen LogP contribution is -2.19. The minimum Gasteiger partial charge on any atom is -0.384 e. The van der Waals surface area contributed by atoms with E-state index in [0.29, 0.717) is 0 Å². The molecule has 0 bridgehead atoms. The number of nitrogens with zero attached hydrogens (tertiary/aromatic N) is 2. The van der Waals surface area contributed by atoms with Crippen molar-refractivity contribution in [2.75, 3.05) is 11.9 Å². The molecule has 0 aliphatic carbocycles. The lowest BCUT2D eigenvalue weighted by Gasteiger charge is -2.20. The van der Waals surface area contributed by atoms with Gasteiger partial charge in [-0.2, -0.15) is 0 Å². The van der Waals surface area contributed by atoms with Crippen molar-refractivity contribution in [2.24, 2.45) is 5.41 Å². The summed E-state index contributed by atoms with van der Waals surface area (Å²) >= 11 is 0. The molecule has 0 fully saturated rings. The Morgan fingerprint density at radius 1 is 1.29 bits per heavy atom. The average Bonchev–Trinajstić information content (AvgIpc) is 2.79. The van der Waals surface area contributed by atoms with Crippen molar-refractivity contribution < 1.29 is 0 Å². The lowest BCUT2D eigenvalue weighted by molar-refractivity contribution is 0.443. The fourth-order valence-corrected chi connectivity index (χ4v) is 1.56. The number of aromatic nitrogens is 2. The highest BCUT2D eigenvalue weighted by molar-refractivity contribution is 5.51. The fraction of sp³-hybridized carbons (Fsp3) is 0.357. The largest absolute Gasteiger partial charge is 0.384 e. The molecule has 17 heavy (non-hydrogen) atoms. The molecule has 0 aliphatic rings. The highest BCUT2D eigenvalue weighted by Crippen LogP contribution is 2.18. The Hall–Kier alpha value is -1.77. The third-order valence-electron chi connectivity index (χ3n) is 2.47. The molecule has 2 rings (SSSR count). The van der Waals surface area contributed by atoms with Crippen LogP contribution in [0.3, 0.4) is 0 Å². The minimum absolute atomic E-state index is 0.283. The van der Waals surface area contributed by atoms with Crippen LogP contribution in [-0.2, 0) is 0 Å². The van der Waals surface area contributed by atoms with Crippen LogP contribution in [0.2, 0.25) is 0 Å². The van der Waals surface area contributed by atoms with Gasteiger partial charge in [0.25, 0.3) is 0 Å². The van der Waals surface area contributed by atoms with Gasteiger partial charge >= 0.3 is 0 Å². The van der Waals surface area contributed by atoms with E-state index in [9.17, 15) is 0 Å². The average molecular weight is 229 g/mol. The molecular weight excluding hydrogens is 210 g/mol. The third kappa shape index (κ3) is 3.34. The molecule has 3 heteroatoms. The van der Waals surface area contributed by atoms with Crippen LogP contribution in [0.15, 0.2) is 43.0 Å². The summed E-state index contributed by atoms with van der Waals surface area (Å²) in [4.78, 5) is 4.06. The standard InChI is InChI=1S/C14H19N3/c1-14(2,3)10-16-12-5-4-6-13(9-12)17-8-7-15-11-17/h4-9,11,16H,10H2,1-3H3. The maximum atomic E-state index is 4.06. The third-order valence-corrected chi connectivity index (χ3v) is 2.47. The van der Waals surface area contributed by atoms with Crippen molar-refractivity contribution in [1.82, 2.24) is 9.55 Å². The van der Waals surface area contributed by atoms with Crippen LogP contribution < -0.4 is 5.32 Å². The molecule has 0 unspecified atom stereocenters. The van der Waals surface area contributed by atoms with Crippen LogP contribution in [0.5, 0.6) is 0 Å². The molecule has 1 aromatic heterocycles. The van der Waals surface area contributed by atoms with Gasteiger partial charge in [0.05, 0.1) is 6.33 Å². The van der Waals surface area contributed by atoms with Gasteiger partial charge in [-0.05, 0) is 23.6 Å². The van der Waals surface area contributed by atoms with Crippen molar-refractivity contribution in [3.63, 3.8) is 0 Å². The van der Waals surface area contributed by atoms with Crippen molar-refractivity contribution in [1.29, 1.82) is 0 Å². The van der Waals surface area contributed by atoms with Crippen LogP contribution in [0.1, 0.15) is 20.8 Å². The van der Waals surface area contributed by atoms with E-state index in [1.54, 1.807) is 6.20 Å². The van der Waals surface area contributed by atoms with E-state index in [1.165, 1.54) is 0 Å². The topological polar surface area (TPSA) is 29.9 Å². The Morgan fingerprint density at radius 2 is 2.12 bits per heavy atom. The quantitative estimate of drug-likeness (QED) is 0.875. The van der Waals surface area contributed by atoms with Crippen molar-refractivity contribution >= 4 is 5.69 Å². The maximum absolute atomic E-state index is 4.06. The van der Waals surface area contributed by atoms with Gasteiger partial charge in [0.15, 0.2) is 0 Å². The van der Waals surface area contributed by atoms with Gasteiger partial charge in [0, 0.05) is 30.3 Å². The summed E-state index contributed by atoms with van der Waals surface area (Å²) in [7, 11) is 0. The van der Waals surface area contributed by atoms with Crippen LogP contribution in [0, 0.1) is 5.41 Å². The summed E-state index contributed by atoms with van der Waals surface area (Å²) in [5.41, 5.74) is 2.55. The van der Waals surface area contributed by atoms with Crippen LogP contribution >= 0.6 is 0 Å². The van der Waals surface area contributed by atoms with Gasteiger partial charge in [0.1, 0.15) is 0 Å². The second-order valence-electron chi connectivity index (χ2n) is 5.43. The van der Waals surface area contributed by atoms with E-state index in [-0.39, 0.29) is 5.41 Å². The molecule has 1 heterocycles. The highest BCUT2D eigenvalue weighted by atomic mass is 15.0. The van der Waals surface area contributed by atoms with Crippen molar-refractivity contribution in [3.8, 4) is 5.69 Å². The Balaban J connectivity index is 2.12. The first kappa shape index (κ1) is 11.7. The molecule has 0 spiro atoms. The predicted octanol–water partition coefficient (Wildman–Crippen LogP) is 3.33. The van der Waals surface area contributed by atoms with Gasteiger partial charge in [0.2, 0.25) is 0 Å². The number of hydrogen-bond donors (Lipinski definition) is 1. The molecule has 0 saturated heterocycles. The molecule has 0 atom stereocenters. The van der Waals surface area contributed by atoms with Gasteiger partial charge in [-0.25, -0.2) is 4.98 Å². The zero-order valence-corrected chi connectivity index (χ0v) is 10.6. The molecule has 1 N–H and O–H groups in total. The first-order valence-corrected chi connectivity index (χ1v) is 5.87. The van der Waals surface area contributed by atoms with Crippen molar-refractivity contribution in [2.45, 2.75) is 20.8 Å². The molecule has 0 aliphatic heterocycles.